The van der Waals surface area contributed by atoms with Crippen LogP contribution in [0.15, 0.2) is 89.4 Å². The second kappa shape index (κ2) is 9.70. The first kappa shape index (κ1) is 22.3. The molecule has 4 nitrogen and oxygen atoms in total. The minimum absolute atomic E-state index is 0.00694. The predicted molar refractivity (Wildman–Crippen MR) is 130 cm³/mol. The average molecular weight is 491 g/mol. The first-order valence-corrected chi connectivity index (χ1v) is 11.7. The summed E-state index contributed by atoms with van der Waals surface area (Å²) in [4.78, 5) is 28.2. The van der Waals surface area contributed by atoms with Gasteiger partial charge < -0.3 is 10.2 Å². The number of hydrogen-bond donors (Lipinski definition) is 1. The molecule has 1 unspecified atom stereocenters. The first-order chi connectivity index (χ1) is 15.5. The molecule has 1 N–H and O–H groups in total. The quantitative estimate of drug-likeness (QED) is 0.489. The van der Waals surface area contributed by atoms with Gasteiger partial charge in [-0.3, -0.25) is 9.59 Å². The lowest BCUT2D eigenvalue weighted by atomic mass is 9.82. The molecular weight excluding hydrogens is 464 g/mol. The number of hydrogen-bond acceptors (Lipinski definition) is 2. The smallest absolute Gasteiger partial charge is 0.246 e. The Hall–Kier alpha value is -2.92. The Balaban J connectivity index is 1.47. The van der Waals surface area contributed by atoms with E-state index in [-0.39, 0.29) is 17.7 Å². The third-order valence-electron chi connectivity index (χ3n) is 6.39. The summed E-state index contributed by atoms with van der Waals surface area (Å²) in [5, 5.41) is 3.02. The fourth-order valence-electron chi connectivity index (χ4n) is 4.29. The summed E-state index contributed by atoms with van der Waals surface area (Å²) in [6.45, 7) is 2.90. The number of nitrogens with zero attached hydrogens (tertiary/aromatic N) is 1. The van der Waals surface area contributed by atoms with E-state index in [1.54, 1.807) is 4.90 Å². The number of carbonyl (C=O) groups is 2. The molecule has 1 fully saturated rings. The highest BCUT2D eigenvalue weighted by molar-refractivity contribution is 9.10. The van der Waals surface area contributed by atoms with Gasteiger partial charge in [0, 0.05) is 29.9 Å². The van der Waals surface area contributed by atoms with Crippen LogP contribution in [0.3, 0.4) is 0 Å². The summed E-state index contributed by atoms with van der Waals surface area (Å²) >= 11 is 3.52. The fraction of sp³-hybridized carbons (Fsp3) is 0.259. The van der Waals surface area contributed by atoms with E-state index >= 15 is 0 Å². The van der Waals surface area contributed by atoms with Gasteiger partial charge in [-0.1, -0.05) is 94.8 Å². The van der Waals surface area contributed by atoms with Crippen LogP contribution in [0.4, 0.5) is 0 Å². The summed E-state index contributed by atoms with van der Waals surface area (Å²) in [7, 11) is 0. The normalized spacial score (nSPS) is 17.7. The maximum Gasteiger partial charge on any atom is 0.246 e. The van der Waals surface area contributed by atoms with Crippen molar-refractivity contribution in [3.05, 3.63) is 106 Å². The van der Waals surface area contributed by atoms with Crippen molar-refractivity contribution in [2.75, 3.05) is 6.54 Å². The zero-order valence-corrected chi connectivity index (χ0v) is 19.7. The van der Waals surface area contributed by atoms with Crippen LogP contribution >= 0.6 is 15.9 Å². The number of nitrogens with one attached hydrogen (secondary N) is 1. The number of rotatable bonds is 7. The van der Waals surface area contributed by atoms with Crippen molar-refractivity contribution in [1.82, 2.24) is 10.2 Å². The van der Waals surface area contributed by atoms with Gasteiger partial charge in [0.05, 0.1) is 0 Å². The molecule has 3 aromatic rings. The summed E-state index contributed by atoms with van der Waals surface area (Å²) in [5.41, 5.74) is 2.41. The maximum atomic E-state index is 13.4. The molecule has 0 aromatic heterocycles. The van der Waals surface area contributed by atoms with E-state index in [0.29, 0.717) is 25.9 Å². The third kappa shape index (κ3) is 4.63. The number of halogens is 1. The van der Waals surface area contributed by atoms with E-state index in [1.807, 2.05) is 67.6 Å². The fourth-order valence-corrected chi connectivity index (χ4v) is 4.71. The Kier molecular flexibility index (Phi) is 6.75. The minimum atomic E-state index is -0.809. The van der Waals surface area contributed by atoms with Crippen molar-refractivity contribution < 1.29 is 9.59 Å². The van der Waals surface area contributed by atoms with Crippen LogP contribution in [0.25, 0.3) is 0 Å². The lowest BCUT2D eigenvalue weighted by Gasteiger charge is -2.49. The molecule has 5 heteroatoms. The molecule has 0 saturated carbocycles. The van der Waals surface area contributed by atoms with E-state index in [4.69, 9.17) is 0 Å². The number of likely N-dealkylation sites (tertiary alicyclic amines) is 1. The molecule has 0 radical (unpaired) electrons. The first-order valence-electron chi connectivity index (χ1n) is 10.9. The summed E-state index contributed by atoms with van der Waals surface area (Å²) in [6.07, 6.45) is 1.00. The highest BCUT2D eigenvalue weighted by Gasteiger charge is 2.49. The van der Waals surface area contributed by atoms with Crippen LogP contribution in [0, 0.1) is 0 Å². The zero-order chi connectivity index (χ0) is 22.6. The molecule has 1 atom stereocenters. The topological polar surface area (TPSA) is 49.4 Å². The molecule has 4 rings (SSSR count). The van der Waals surface area contributed by atoms with Gasteiger partial charge in [-0.05, 0) is 36.1 Å². The van der Waals surface area contributed by atoms with Crippen molar-refractivity contribution in [2.24, 2.45) is 0 Å². The predicted octanol–water partition coefficient (Wildman–Crippen LogP) is 5.28. The van der Waals surface area contributed by atoms with Gasteiger partial charge in [0.1, 0.15) is 5.54 Å². The highest BCUT2D eigenvalue weighted by atomic mass is 79.9. The second-order valence-corrected chi connectivity index (χ2v) is 9.28. The van der Waals surface area contributed by atoms with Crippen LogP contribution in [-0.4, -0.2) is 28.8 Å². The van der Waals surface area contributed by atoms with E-state index in [9.17, 15) is 9.59 Å². The molecule has 0 bridgehead atoms. The van der Waals surface area contributed by atoms with Crippen LogP contribution in [-0.2, 0) is 16.1 Å². The van der Waals surface area contributed by atoms with Crippen molar-refractivity contribution >= 4 is 27.7 Å². The van der Waals surface area contributed by atoms with Gasteiger partial charge >= 0.3 is 0 Å². The molecule has 0 aliphatic carbocycles. The van der Waals surface area contributed by atoms with Crippen LogP contribution < -0.4 is 5.32 Å². The Labute approximate surface area is 197 Å². The Morgan fingerprint density at radius 2 is 1.50 bits per heavy atom. The number of carbonyl (C=O) groups excluding carboxylic acids is 2. The maximum absolute atomic E-state index is 13.4. The molecule has 2 amide bonds. The van der Waals surface area contributed by atoms with Crippen LogP contribution in [0.5, 0.6) is 0 Å². The standard InChI is InChI=1S/C27H27BrN2O2/c1-27(26(32)29-19-22-14-8-9-15-24(22)28)16-17-30(27)25(31)18-23(20-10-4-2-5-11-20)21-12-6-3-7-13-21/h2-15,23H,16-19H2,1H3,(H,29,32). The van der Waals surface area contributed by atoms with E-state index in [0.717, 1.165) is 21.2 Å². The molecule has 32 heavy (non-hydrogen) atoms. The highest BCUT2D eigenvalue weighted by Crippen LogP contribution is 2.35. The van der Waals surface area contributed by atoms with E-state index < -0.39 is 5.54 Å². The Bertz CT molecular complexity index is 1050. The van der Waals surface area contributed by atoms with Gasteiger partial charge in [0.2, 0.25) is 11.8 Å². The largest absolute Gasteiger partial charge is 0.350 e. The van der Waals surface area contributed by atoms with Gasteiger partial charge in [0.15, 0.2) is 0 Å². The van der Waals surface area contributed by atoms with Crippen molar-refractivity contribution in [3.63, 3.8) is 0 Å². The van der Waals surface area contributed by atoms with E-state index in [1.165, 1.54) is 0 Å². The summed E-state index contributed by atoms with van der Waals surface area (Å²) < 4.78 is 0.959. The second-order valence-electron chi connectivity index (χ2n) is 8.42. The van der Waals surface area contributed by atoms with E-state index in [2.05, 4.69) is 45.5 Å². The SMILES string of the molecule is CC1(C(=O)NCc2ccccc2Br)CCN1C(=O)CC(c1ccccc1)c1ccccc1. The molecule has 3 aromatic carbocycles. The van der Waals surface area contributed by atoms with Crippen LogP contribution in [0.1, 0.15) is 42.4 Å². The van der Waals surface area contributed by atoms with Crippen molar-refractivity contribution in [1.29, 1.82) is 0 Å². The summed E-state index contributed by atoms with van der Waals surface area (Å²) in [5.74, 6) is -0.144. The monoisotopic (exact) mass is 490 g/mol. The molecule has 164 valence electrons. The van der Waals surface area contributed by atoms with Crippen molar-refractivity contribution in [3.8, 4) is 0 Å². The third-order valence-corrected chi connectivity index (χ3v) is 7.16. The molecule has 0 spiro atoms. The lowest BCUT2D eigenvalue weighted by molar-refractivity contribution is -0.157. The molecule has 1 aliphatic rings. The molecule has 1 heterocycles. The Morgan fingerprint density at radius 1 is 0.938 bits per heavy atom. The van der Waals surface area contributed by atoms with Crippen LogP contribution in [0.2, 0.25) is 0 Å². The molecule has 1 aliphatic heterocycles. The number of amides is 2. The molecule has 1 saturated heterocycles. The lowest BCUT2D eigenvalue weighted by Crippen LogP contribution is -2.67. The van der Waals surface area contributed by atoms with Gasteiger partial charge in [-0.2, -0.15) is 0 Å². The summed E-state index contributed by atoms with van der Waals surface area (Å²) in [6, 6.07) is 28.0. The van der Waals surface area contributed by atoms with Gasteiger partial charge in [-0.15, -0.1) is 0 Å². The van der Waals surface area contributed by atoms with Gasteiger partial charge in [-0.25, -0.2) is 0 Å². The van der Waals surface area contributed by atoms with Crippen molar-refractivity contribution in [2.45, 2.75) is 37.8 Å². The Morgan fingerprint density at radius 3 is 2.03 bits per heavy atom. The van der Waals surface area contributed by atoms with Gasteiger partial charge in [0.25, 0.3) is 0 Å². The zero-order valence-electron chi connectivity index (χ0n) is 18.1. The average Bonchev–Trinajstić information content (AvgIpc) is 2.81. The molecular formula is C27H27BrN2O2. The number of benzene rings is 3. The minimum Gasteiger partial charge on any atom is -0.350 e.